The third-order valence-corrected chi connectivity index (χ3v) is 4.07. The van der Waals surface area contributed by atoms with Crippen molar-refractivity contribution < 1.29 is 9.18 Å². The van der Waals surface area contributed by atoms with Gasteiger partial charge in [0.05, 0.1) is 0 Å². The highest BCUT2D eigenvalue weighted by Gasteiger charge is 2.17. The van der Waals surface area contributed by atoms with Gasteiger partial charge in [0.1, 0.15) is 5.82 Å². The first kappa shape index (κ1) is 15.9. The number of primary amides is 1. The standard InChI is InChI=1S/C16H24FN3O/c1-2-20(11-14-5-3-4-8-19-14)10-13-7-6-12(16(18)21)9-15(13)17/h6-7,9,14,19H,2-5,8,10-11H2,1H3,(H2,18,21). The Morgan fingerprint density at radius 1 is 1.48 bits per heavy atom. The van der Waals surface area contributed by atoms with Crippen molar-refractivity contribution >= 4 is 5.91 Å². The number of carbonyl (C=O) groups excluding carboxylic acids is 1. The highest BCUT2D eigenvalue weighted by atomic mass is 19.1. The molecule has 0 radical (unpaired) electrons. The second-order valence-corrected chi connectivity index (χ2v) is 5.65. The molecule has 1 aromatic carbocycles. The van der Waals surface area contributed by atoms with Gasteiger partial charge in [-0.3, -0.25) is 9.69 Å². The number of nitrogens with zero attached hydrogens (tertiary/aromatic N) is 1. The Morgan fingerprint density at radius 3 is 2.86 bits per heavy atom. The number of halogens is 1. The first-order valence-electron chi connectivity index (χ1n) is 7.64. The average Bonchev–Trinajstić information content (AvgIpc) is 2.49. The summed E-state index contributed by atoms with van der Waals surface area (Å²) in [7, 11) is 0. The van der Waals surface area contributed by atoms with E-state index in [9.17, 15) is 9.18 Å². The lowest BCUT2D eigenvalue weighted by atomic mass is 10.0. The lowest BCUT2D eigenvalue weighted by Gasteiger charge is -2.30. The molecule has 0 aliphatic carbocycles. The van der Waals surface area contributed by atoms with Crippen LogP contribution in [0.2, 0.25) is 0 Å². The Labute approximate surface area is 125 Å². The van der Waals surface area contributed by atoms with Crippen molar-refractivity contribution in [1.82, 2.24) is 10.2 Å². The molecule has 1 aromatic rings. The SMILES string of the molecule is CCN(Cc1ccc(C(N)=O)cc1F)CC1CCCCN1. The number of piperidine rings is 1. The average molecular weight is 293 g/mol. The summed E-state index contributed by atoms with van der Waals surface area (Å²) in [5.74, 6) is -0.958. The second-order valence-electron chi connectivity index (χ2n) is 5.65. The molecule has 0 saturated carbocycles. The molecule has 5 heteroatoms. The third-order valence-electron chi connectivity index (χ3n) is 4.07. The van der Waals surface area contributed by atoms with Gasteiger partial charge in [-0.25, -0.2) is 4.39 Å². The normalized spacial score (nSPS) is 18.9. The minimum Gasteiger partial charge on any atom is -0.366 e. The van der Waals surface area contributed by atoms with Crippen LogP contribution in [0.1, 0.15) is 42.1 Å². The molecule has 21 heavy (non-hydrogen) atoms. The van der Waals surface area contributed by atoms with Crippen LogP contribution in [0.5, 0.6) is 0 Å². The number of hydrogen-bond donors (Lipinski definition) is 2. The molecule has 116 valence electrons. The van der Waals surface area contributed by atoms with E-state index >= 15 is 0 Å². The quantitative estimate of drug-likeness (QED) is 0.842. The van der Waals surface area contributed by atoms with Crippen LogP contribution in [0.15, 0.2) is 18.2 Å². The largest absolute Gasteiger partial charge is 0.366 e. The molecule has 1 unspecified atom stereocenters. The smallest absolute Gasteiger partial charge is 0.248 e. The zero-order chi connectivity index (χ0) is 15.2. The maximum Gasteiger partial charge on any atom is 0.248 e. The van der Waals surface area contributed by atoms with Crippen molar-refractivity contribution in [1.29, 1.82) is 0 Å². The van der Waals surface area contributed by atoms with Crippen LogP contribution in [0, 0.1) is 5.82 Å². The minimum atomic E-state index is -0.598. The number of nitrogens with two attached hydrogens (primary N) is 1. The van der Waals surface area contributed by atoms with Crippen LogP contribution in [-0.2, 0) is 6.54 Å². The number of benzene rings is 1. The monoisotopic (exact) mass is 293 g/mol. The topological polar surface area (TPSA) is 58.4 Å². The molecule has 1 atom stereocenters. The van der Waals surface area contributed by atoms with Gasteiger partial charge in [0.2, 0.25) is 5.91 Å². The van der Waals surface area contributed by atoms with Crippen molar-refractivity contribution in [3.05, 3.63) is 35.1 Å². The molecule has 1 aliphatic rings. The van der Waals surface area contributed by atoms with Gasteiger partial charge in [0.25, 0.3) is 0 Å². The van der Waals surface area contributed by atoms with Crippen LogP contribution in [-0.4, -0.2) is 36.5 Å². The van der Waals surface area contributed by atoms with Crippen molar-refractivity contribution in [2.45, 2.75) is 38.8 Å². The van der Waals surface area contributed by atoms with E-state index in [1.54, 1.807) is 12.1 Å². The van der Waals surface area contributed by atoms with Gasteiger partial charge in [-0.05, 0) is 38.1 Å². The predicted octanol–water partition coefficient (Wildman–Crippen LogP) is 1.89. The van der Waals surface area contributed by atoms with Crippen LogP contribution in [0.4, 0.5) is 4.39 Å². The Hall–Kier alpha value is -1.46. The van der Waals surface area contributed by atoms with E-state index in [0.717, 1.165) is 19.6 Å². The summed E-state index contributed by atoms with van der Waals surface area (Å²) in [6.45, 7) is 5.50. The Morgan fingerprint density at radius 2 is 2.29 bits per heavy atom. The molecule has 1 heterocycles. The maximum atomic E-state index is 14.0. The molecule has 0 aromatic heterocycles. The van der Waals surface area contributed by atoms with E-state index in [4.69, 9.17) is 5.73 Å². The number of nitrogens with one attached hydrogen (secondary N) is 1. The molecule has 1 aliphatic heterocycles. The van der Waals surface area contributed by atoms with Crippen molar-refractivity contribution in [2.24, 2.45) is 5.73 Å². The first-order valence-corrected chi connectivity index (χ1v) is 7.64. The van der Waals surface area contributed by atoms with E-state index < -0.39 is 5.91 Å². The molecule has 2 rings (SSSR count). The van der Waals surface area contributed by atoms with Gasteiger partial charge in [0.15, 0.2) is 0 Å². The molecule has 1 amide bonds. The van der Waals surface area contributed by atoms with E-state index in [-0.39, 0.29) is 11.4 Å². The lowest BCUT2D eigenvalue weighted by Crippen LogP contribution is -2.43. The summed E-state index contributed by atoms with van der Waals surface area (Å²) in [5, 5.41) is 3.51. The molecule has 0 spiro atoms. The second kappa shape index (κ2) is 7.52. The number of hydrogen-bond acceptors (Lipinski definition) is 3. The van der Waals surface area contributed by atoms with E-state index in [0.29, 0.717) is 18.2 Å². The minimum absolute atomic E-state index is 0.216. The highest BCUT2D eigenvalue weighted by molar-refractivity contribution is 5.92. The number of rotatable bonds is 6. The van der Waals surface area contributed by atoms with Crippen LogP contribution in [0.25, 0.3) is 0 Å². The van der Waals surface area contributed by atoms with E-state index in [1.807, 2.05) is 0 Å². The third kappa shape index (κ3) is 4.51. The van der Waals surface area contributed by atoms with Crippen molar-refractivity contribution in [2.75, 3.05) is 19.6 Å². The Kier molecular flexibility index (Phi) is 5.70. The van der Waals surface area contributed by atoms with Gasteiger partial charge in [-0.1, -0.05) is 19.4 Å². The summed E-state index contributed by atoms with van der Waals surface area (Å²) in [6.07, 6.45) is 3.68. The summed E-state index contributed by atoms with van der Waals surface area (Å²) >= 11 is 0. The fraction of sp³-hybridized carbons (Fsp3) is 0.562. The fourth-order valence-corrected chi connectivity index (χ4v) is 2.77. The van der Waals surface area contributed by atoms with Gasteiger partial charge in [-0.15, -0.1) is 0 Å². The molecule has 1 saturated heterocycles. The molecule has 0 bridgehead atoms. The Balaban J connectivity index is 1.99. The summed E-state index contributed by atoms with van der Waals surface area (Å²) in [6, 6.07) is 4.97. The van der Waals surface area contributed by atoms with E-state index in [1.165, 1.54) is 25.3 Å². The zero-order valence-corrected chi connectivity index (χ0v) is 12.6. The molecule has 4 nitrogen and oxygen atoms in total. The molecular weight excluding hydrogens is 269 g/mol. The number of likely N-dealkylation sites (N-methyl/N-ethyl adjacent to an activating group) is 1. The summed E-state index contributed by atoms with van der Waals surface area (Å²) in [4.78, 5) is 13.3. The number of carbonyl (C=O) groups is 1. The molecule has 1 fully saturated rings. The van der Waals surface area contributed by atoms with Gasteiger partial charge < -0.3 is 11.1 Å². The molecular formula is C16H24FN3O. The van der Waals surface area contributed by atoms with Crippen molar-refractivity contribution in [3.63, 3.8) is 0 Å². The van der Waals surface area contributed by atoms with Crippen molar-refractivity contribution in [3.8, 4) is 0 Å². The summed E-state index contributed by atoms with van der Waals surface area (Å²) < 4.78 is 14.0. The lowest BCUT2D eigenvalue weighted by molar-refractivity contribution is 0.1000. The molecule has 3 N–H and O–H groups in total. The van der Waals surface area contributed by atoms with E-state index in [2.05, 4.69) is 17.1 Å². The predicted molar refractivity (Wildman–Crippen MR) is 81.5 cm³/mol. The van der Waals surface area contributed by atoms with Gasteiger partial charge >= 0.3 is 0 Å². The van der Waals surface area contributed by atoms with Gasteiger partial charge in [0, 0.05) is 30.3 Å². The fourth-order valence-electron chi connectivity index (χ4n) is 2.77. The highest BCUT2D eigenvalue weighted by Crippen LogP contribution is 2.15. The zero-order valence-electron chi connectivity index (χ0n) is 12.6. The van der Waals surface area contributed by atoms with Crippen LogP contribution < -0.4 is 11.1 Å². The first-order chi connectivity index (χ1) is 10.1. The number of amides is 1. The summed E-state index contributed by atoms with van der Waals surface area (Å²) in [5.41, 5.74) is 5.98. The van der Waals surface area contributed by atoms with Crippen LogP contribution in [0.3, 0.4) is 0 Å². The Bertz CT molecular complexity index is 486. The van der Waals surface area contributed by atoms with Gasteiger partial charge in [-0.2, -0.15) is 0 Å². The van der Waals surface area contributed by atoms with Crippen LogP contribution >= 0.6 is 0 Å². The maximum absolute atomic E-state index is 14.0.